The van der Waals surface area contributed by atoms with Gasteiger partial charge in [0.25, 0.3) is 0 Å². The Morgan fingerprint density at radius 2 is 1.31 bits per heavy atom. The molecule has 0 spiro atoms. The van der Waals surface area contributed by atoms with Gasteiger partial charge in [0.05, 0.1) is 0 Å². The van der Waals surface area contributed by atoms with E-state index in [2.05, 4.69) is 104 Å². The van der Waals surface area contributed by atoms with Crippen LogP contribution in [-0.4, -0.2) is 5.43 Å². The molecule has 146 valence electrons. The average molecular weight is 515 g/mol. The maximum atomic E-state index is 2.59. The molecule has 0 atom stereocenters. The minimum absolute atomic E-state index is 0. The zero-order valence-electron chi connectivity index (χ0n) is 16.3. The number of allylic oxidation sites excluding steroid dienone is 4. The molecule has 3 aromatic rings. The fourth-order valence-electron chi connectivity index (χ4n) is 4.60. The van der Waals surface area contributed by atoms with Crippen molar-refractivity contribution in [2.45, 2.75) is 16.6 Å². The van der Waals surface area contributed by atoms with Gasteiger partial charge in [-0.05, 0) is 0 Å². The van der Waals surface area contributed by atoms with Crippen molar-refractivity contribution < 1.29 is 20.4 Å². The summed E-state index contributed by atoms with van der Waals surface area (Å²) in [6.07, 6.45) is 8.31. The second-order valence-corrected chi connectivity index (χ2v) is 22.9. The van der Waals surface area contributed by atoms with Crippen molar-refractivity contribution in [3.8, 4) is 11.1 Å². The van der Waals surface area contributed by atoms with Crippen molar-refractivity contribution in [1.82, 2.24) is 0 Å². The number of halogens is 2. The van der Waals surface area contributed by atoms with Gasteiger partial charge in [-0.25, -0.2) is 0 Å². The van der Waals surface area contributed by atoms with Crippen molar-refractivity contribution in [1.29, 1.82) is 0 Å². The van der Waals surface area contributed by atoms with E-state index in [0.29, 0.717) is 3.63 Å². The van der Waals surface area contributed by atoms with Crippen LogP contribution in [0.1, 0.15) is 21.2 Å². The van der Waals surface area contributed by atoms with Gasteiger partial charge in [-0.1, -0.05) is 0 Å². The van der Waals surface area contributed by atoms with Gasteiger partial charge in [-0.15, -0.1) is 24.8 Å². The van der Waals surface area contributed by atoms with Crippen molar-refractivity contribution in [2.24, 2.45) is 0 Å². The fraction of sp³-hybridized carbons (Fsp3) is 0.120. The maximum absolute atomic E-state index is 2.59. The van der Waals surface area contributed by atoms with Gasteiger partial charge in [-0.3, -0.25) is 0 Å². The molecule has 0 saturated heterocycles. The van der Waals surface area contributed by atoms with Crippen LogP contribution in [0.3, 0.4) is 0 Å². The van der Waals surface area contributed by atoms with Gasteiger partial charge in [0.1, 0.15) is 0 Å². The average Bonchev–Trinajstić information content (AvgIpc) is 3.37. The summed E-state index contributed by atoms with van der Waals surface area (Å²) < 4.78 is 2.46. The Hall–Kier alpha value is -1.18. The first kappa shape index (κ1) is 22.5. The summed E-state index contributed by atoms with van der Waals surface area (Å²) in [7, 11) is 0. The molecule has 2 aliphatic carbocycles. The fourth-order valence-corrected chi connectivity index (χ4v) is 24.9. The van der Waals surface area contributed by atoms with Gasteiger partial charge in [0.15, 0.2) is 0 Å². The quantitative estimate of drug-likeness (QED) is 0.346. The molecule has 5 rings (SSSR count). The Labute approximate surface area is 193 Å². The standard InChI is InChI=1S/C13H9.C7H8Si.C5H5.2ClH.Zr/c1-3-7-12-10(5-1)9-11-6-2-4-8-13(11)12;1-8-7-5-3-2-4-6-7;1-2-4-5-3-1;;;/h1-9H;2-6H,1H3;1-3H,4H2;2*1H;. The first-order valence-corrected chi connectivity index (χ1v) is 18.0. The van der Waals surface area contributed by atoms with E-state index in [9.17, 15) is 0 Å². The molecule has 2 aliphatic rings. The van der Waals surface area contributed by atoms with Gasteiger partial charge in [0, 0.05) is 0 Å². The van der Waals surface area contributed by atoms with Gasteiger partial charge in [-0.2, -0.15) is 0 Å². The number of hydrogen-bond acceptors (Lipinski definition) is 0. The molecule has 4 heteroatoms. The van der Waals surface area contributed by atoms with Crippen LogP contribution in [0.4, 0.5) is 0 Å². The predicted molar refractivity (Wildman–Crippen MR) is 128 cm³/mol. The maximum Gasteiger partial charge on any atom is -0.147 e. The molecule has 0 bridgehead atoms. The minimum Gasteiger partial charge on any atom is -0.147 e. The summed E-state index contributed by atoms with van der Waals surface area (Å²) in [5.74, 6) is 0. The zero-order valence-corrected chi connectivity index (χ0v) is 21.4. The Morgan fingerprint density at radius 1 is 0.759 bits per heavy atom. The summed E-state index contributed by atoms with van der Waals surface area (Å²) in [5, 5.41) is 1.62. The molecule has 0 nitrogen and oxygen atoms in total. The van der Waals surface area contributed by atoms with Gasteiger partial charge < -0.3 is 0 Å². The predicted octanol–water partition coefficient (Wildman–Crippen LogP) is 6.59. The molecule has 0 N–H and O–H groups in total. The van der Waals surface area contributed by atoms with E-state index >= 15 is 0 Å². The third-order valence-electron chi connectivity index (χ3n) is 5.85. The molecule has 3 aromatic carbocycles. The molecule has 0 aromatic heterocycles. The van der Waals surface area contributed by atoms with Crippen LogP contribution in [0.2, 0.25) is 6.55 Å². The first-order valence-electron chi connectivity index (χ1n) is 9.65. The van der Waals surface area contributed by atoms with E-state index < -0.39 is 25.8 Å². The molecule has 0 saturated carbocycles. The molecule has 0 heterocycles. The largest absolute Gasteiger partial charge is 0.147 e. The summed E-state index contributed by atoms with van der Waals surface area (Å²) in [5.41, 5.74) is 5.59. The van der Waals surface area contributed by atoms with Crippen LogP contribution in [0.25, 0.3) is 11.1 Å². The van der Waals surface area contributed by atoms with Crippen molar-refractivity contribution in [3.05, 3.63) is 111 Å². The number of fused-ring (bicyclic) bond motifs is 3. The number of hydrogen-bond donors (Lipinski definition) is 0. The molecule has 29 heavy (non-hydrogen) atoms. The van der Waals surface area contributed by atoms with Crippen LogP contribution < -0.4 is 5.19 Å². The van der Waals surface area contributed by atoms with E-state index in [1.54, 1.807) is 19.6 Å². The SMILES string of the molecule is C/[Si](c1ccccc1)=[Zr](/[C]1=CC=CC1)[CH]1c2ccccc2-c2ccccc21.Cl.Cl. The normalized spacial score (nSPS) is 14.9. The van der Waals surface area contributed by atoms with Crippen LogP contribution in [-0.2, 0) is 20.4 Å². The van der Waals surface area contributed by atoms with Crippen LogP contribution in [0, 0.1) is 0 Å². The van der Waals surface area contributed by atoms with Crippen molar-refractivity contribution >= 4 is 35.4 Å². The van der Waals surface area contributed by atoms with E-state index in [0.717, 1.165) is 0 Å². The smallest absolute Gasteiger partial charge is 0.147 e. The number of benzene rings is 3. The van der Waals surface area contributed by atoms with E-state index in [-0.39, 0.29) is 24.8 Å². The first-order chi connectivity index (χ1) is 13.3. The zero-order chi connectivity index (χ0) is 18.2. The Morgan fingerprint density at radius 3 is 1.86 bits per heavy atom. The van der Waals surface area contributed by atoms with Crippen LogP contribution in [0.5, 0.6) is 0 Å². The molecule has 0 unspecified atom stereocenters. The summed E-state index contributed by atoms with van der Waals surface area (Å²) in [4.78, 5) is 0. The second-order valence-electron chi connectivity index (χ2n) is 7.34. The Bertz CT molecular complexity index is 1070. The second kappa shape index (κ2) is 9.75. The summed E-state index contributed by atoms with van der Waals surface area (Å²) in [6.45, 7) is 2.59. The molecule has 0 amide bonds. The molecule has 0 aliphatic heterocycles. The third-order valence-corrected chi connectivity index (χ3v) is 25.1. The third kappa shape index (κ3) is 4.06. The van der Waals surface area contributed by atoms with E-state index in [4.69, 9.17) is 0 Å². The monoisotopic (exact) mass is 512 g/mol. The Kier molecular flexibility index (Phi) is 7.57. The van der Waals surface area contributed by atoms with Gasteiger partial charge in [0.2, 0.25) is 0 Å². The van der Waals surface area contributed by atoms with Crippen molar-refractivity contribution in [2.75, 3.05) is 0 Å². The minimum atomic E-state index is -1.98. The van der Waals surface area contributed by atoms with Gasteiger partial charge >= 0.3 is 170 Å². The molecular formula is C25H24Cl2SiZr. The Balaban J connectivity index is 0.00000120. The van der Waals surface area contributed by atoms with Crippen molar-refractivity contribution in [3.63, 3.8) is 0 Å². The molecule has 0 fully saturated rings. The van der Waals surface area contributed by atoms with Crippen LogP contribution >= 0.6 is 24.8 Å². The van der Waals surface area contributed by atoms with E-state index in [1.165, 1.54) is 17.5 Å². The summed E-state index contributed by atoms with van der Waals surface area (Å²) >= 11 is -1.98. The topological polar surface area (TPSA) is 0 Å². The molecular weight excluding hydrogens is 490 g/mol. The summed E-state index contributed by atoms with van der Waals surface area (Å²) in [6, 6.07) is 29.7. The van der Waals surface area contributed by atoms with Crippen LogP contribution in [0.15, 0.2) is 100 Å². The number of rotatable bonds is 3. The molecule has 0 radical (unpaired) electrons. The van der Waals surface area contributed by atoms with E-state index in [1.807, 2.05) is 0 Å².